The van der Waals surface area contributed by atoms with Crippen LogP contribution in [0.25, 0.3) is 0 Å². The highest BCUT2D eigenvalue weighted by atomic mass is 32.1. The predicted octanol–water partition coefficient (Wildman–Crippen LogP) is 2.00. The molecule has 1 aromatic carbocycles. The van der Waals surface area contributed by atoms with E-state index in [4.69, 9.17) is 0 Å². The standard InChI is InChI=1S/C18H18N4O3S/c1-3-22-7-6-13-14(9-22)26-18(19-13)20-15(23)10-4-5-11-12(8-10)17(25)21(2)16(11)24/h4-5,8H,3,6-7,9H2,1-2H3,(H,19,20,23). The molecule has 134 valence electrons. The number of thiazole rings is 1. The number of likely N-dealkylation sites (N-methyl/N-ethyl adjacent to an activating group) is 1. The lowest BCUT2D eigenvalue weighted by molar-refractivity contribution is 0.0693. The molecule has 0 unspecified atom stereocenters. The van der Waals surface area contributed by atoms with Crippen LogP contribution in [0.3, 0.4) is 0 Å². The van der Waals surface area contributed by atoms with Crippen LogP contribution in [0.5, 0.6) is 0 Å². The maximum atomic E-state index is 12.6. The highest BCUT2D eigenvalue weighted by Crippen LogP contribution is 2.29. The molecule has 0 saturated carbocycles. The third-order valence-electron chi connectivity index (χ3n) is 4.83. The van der Waals surface area contributed by atoms with Crippen LogP contribution in [0.4, 0.5) is 5.13 Å². The van der Waals surface area contributed by atoms with Crippen molar-refractivity contribution in [1.29, 1.82) is 0 Å². The summed E-state index contributed by atoms with van der Waals surface area (Å²) in [5.41, 5.74) is 1.98. The molecule has 8 heteroatoms. The van der Waals surface area contributed by atoms with Gasteiger partial charge in [-0.3, -0.25) is 29.5 Å². The van der Waals surface area contributed by atoms with Crippen molar-refractivity contribution in [1.82, 2.24) is 14.8 Å². The van der Waals surface area contributed by atoms with Gasteiger partial charge >= 0.3 is 0 Å². The van der Waals surface area contributed by atoms with E-state index < -0.39 is 0 Å². The van der Waals surface area contributed by atoms with Crippen LogP contribution in [0.15, 0.2) is 18.2 Å². The van der Waals surface area contributed by atoms with Gasteiger partial charge in [0.2, 0.25) is 0 Å². The Labute approximate surface area is 154 Å². The van der Waals surface area contributed by atoms with Crippen molar-refractivity contribution in [2.75, 3.05) is 25.5 Å². The second-order valence-corrected chi connectivity index (χ2v) is 7.48. The van der Waals surface area contributed by atoms with Gasteiger partial charge in [0, 0.05) is 37.0 Å². The van der Waals surface area contributed by atoms with Gasteiger partial charge in [-0.1, -0.05) is 6.92 Å². The Morgan fingerprint density at radius 2 is 2.04 bits per heavy atom. The largest absolute Gasteiger partial charge is 0.298 e. The van der Waals surface area contributed by atoms with E-state index in [9.17, 15) is 14.4 Å². The Kier molecular flexibility index (Phi) is 4.08. The lowest BCUT2D eigenvalue weighted by Crippen LogP contribution is -2.29. The Bertz CT molecular complexity index is 937. The number of fused-ring (bicyclic) bond motifs is 2. The van der Waals surface area contributed by atoms with Crippen LogP contribution < -0.4 is 5.32 Å². The third kappa shape index (κ3) is 2.71. The van der Waals surface area contributed by atoms with Gasteiger partial charge in [0.05, 0.1) is 16.8 Å². The number of imide groups is 1. The van der Waals surface area contributed by atoms with Crippen LogP contribution in [-0.2, 0) is 13.0 Å². The summed E-state index contributed by atoms with van der Waals surface area (Å²) in [6.45, 7) is 4.97. The fourth-order valence-electron chi connectivity index (χ4n) is 3.24. The van der Waals surface area contributed by atoms with E-state index in [1.807, 2.05) is 0 Å². The van der Waals surface area contributed by atoms with E-state index in [0.29, 0.717) is 16.3 Å². The summed E-state index contributed by atoms with van der Waals surface area (Å²) in [6.07, 6.45) is 0.886. The van der Waals surface area contributed by atoms with Gasteiger partial charge in [-0.25, -0.2) is 4.98 Å². The van der Waals surface area contributed by atoms with Gasteiger partial charge in [-0.15, -0.1) is 11.3 Å². The molecule has 0 radical (unpaired) electrons. The van der Waals surface area contributed by atoms with Crippen LogP contribution >= 0.6 is 11.3 Å². The molecule has 0 spiro atoms. The number of carbonyl (C=O) groups excluding carboxylic acids is 3. The Morgan fingerprint density at radius 1 is 1.27 bits per heavy atom. The number of rotatable bonds is 3. The fraction of sp³-hybridized carbons (Fsp3) is 0.333. The summed E-state index contributed by atoms with van der Waals surface area (Å²) in [4.78, 5) is 45.7. The van der Waals surface area contributed by atoms with Crippen molar-refractivity contribution in [3.63, 3.8) is 0 Å². The molecule has 1 N–H and O–H groups in total. The molecule has 0 bridgehead atoms. The number of amides is 3. The lowest BCUT2D eigenvalue weighted by atomic mass is 10.1. The van der Waals surface area contributed by atoms with Crippen molar-refractivity contribution in [2.45, 2.75) is 19.9 Å². The minimum absolute atomic E-state index is 0.266. The highest BCUT2D eigenvalue weighted by Gasteiger charge is 2.33. The third-order valence-corrected chi connectivity index (χ3v) is 5.83. The Morgan fingerprint density at radius 3 is 2.81 bits per heavy atom. The lowest BCUT2D eigenvalue weighted by Gasteiger charge is -2.23. The Balaban J connectivity index is 1.54. The molecule has 3 amide bonds. The molecule has 4 rings (SSSR count). The van der Waals surface area contributed by atoms with Crippen LogP contribution in [0, 0.1) is 0 Å². The number of hydrogen-bond donors (Lipinski definition) is 1. The van der Waals surface area contributed by atoms with Gasteiger partial charge in [-0.05, 0) is 24.7 Å². The van der Waals surface area contributed by atoms with E-state index in [1.165, 1.54) is 35.4 Å². The monoisotopic (exact) mass is 370 g/mol. The fourth-order valence-corrected chi connectivity index (χ4v) is 4.29. The molecular weight excluding hydrogens is 352 g/mol. The SMILES string of the molecule is CCN1CCc2nc(NC(=O)c3ccc4c(c3)C(=O)N(C)C4=O)sc2C1. The smallest absolute Gasteiger partial charge is 0.261 e. The van der Waals surface area contributed by atoms with Gasteiger partial charge in [-0.2, -0.15) is 0 Å². The second-order valence-electron chi connectivity index (χ2n) is 6.39. The molecule has 3 heterocycles. The van der Waals surface area contributed by atoms with Crippen molar-refractivity contribution in [2.24, 2.45) is 0 Å². The van der Waals surface area contributed by atoms with E-state index >= 15 is 0 Å². The summed E-state index contributed by atoms with van der Waals surface area (Å²) in [5, 5.41) is 3.38. The van der Waals surface area contributed by atoms with Crippen molar-refractivity contribution in [3.05, 3.63) is 45.5 Å². The van der Waals surface area contributed by atoms with Crippen LogP contribution in [0.2, 0.25) is 0 Å². The highest BCUT2D eigenvalue weighted by molar-refractivity contribution is 7.15. The number of carbonyl (C=O) groups is 3. The zero-order valence-electron chi connectivity index (χ0n) is 14.5. The van der Waals surface area contributed by atoms with E-state index in [2.05, 4.69) is 22.1 Å². The number of hydrogen-bond acceptors (Lipinski definition) is 6. The first-order valence-corrected chi connectivity index (χ1v) is 9.28. The average Bonchev–Trinajstić information content (AvgIpc) is 3.15. The number of nitrogens with one attached hydrogen (secondary N) is 1. The number of anilines is 1. The molecule has 0 aliphatic carbocycles. The maximum Gasteiger partial charge on any atom is 0.261 e. The molecule has 2 aromatic rings. The average molecular weight is 370 g/mol. The van der Waals surface area contributed by atoms with E-state index in [0.717, 1.165) is 36.6 Å². The normalized spacial score (nSPS) is 16.6. The molecule has 26 heavy (non-hydrogen) atoms. The molecule has 7 nitrogen and oxygen atoms in total. The van der Waals surface area contributed by atoms with Gasteiger partial charge in [0.15, 0.2) is 5.13 Å². The van der Waals surface area contributed by atoms with Crippen LogP contribution in [0.1, 0.15) is 48.6 Å². The first-order chi connectivity index (χ1) is 12.5. The molecule has 1 aromatic heterocycles. The van der Waals surface area contributed by atoms with E-state index in [-0.39, 0.29) is 23.3 Å². The van der Waals surface area contributed by atoms with Gasteiger partial charge < -0.3 is 0 Å². The minimum Gasteiger partial charge on any atom is -0.298 e. The molecule has 0 atom stereocenters. The zero-order valence-corrected chi connectivity index (χ0v) is 15.4. The predicted molar refractivity (Wildman–Crippen MR) is 97.6 cm³/mol. The summed E-state index contributed by atoms with van der Waals surface area (Å²) in [7, 11) is 1.43. The maximum absolute atomic E-state index is 12.6. The summed E-state index contributed by atoms with van der Waals surface area (Å²) in [5.74, 6) is -1.06. The number of nitrogens with zero attached hydrogens (tertiary/aromatic N) is 3. The van der Waals surface area contributed by atoms with Crippen LogP contribution in [-0.4, -0.2) is 52.6 Å². The first kappa shape index (κ1) is 16.9. The summed E-state index contributed by atoms with van der Waals surface area (Å²) >= 11 is 1.49. The molecule has 2 aliphatic rings. The van der Waals surface area contributed by atoms with Crippen molar-refractivity contribution in [3.8, 4) is 0 Å². The van der Waals surface area contributed by atoms with Crippen molar-refractivity contribution >= 4 is 34.2 Å². The summed E-state index contributed by atoms with van der Waals surface area (Å²) in [6, 6.07) is 4.56. The van der Waals surface area contributed by atoms with Gasteiger partial charge in [0.1, 0.15) is 0 Å². The number of benzene rings is 1. The molecular formula is C18H18N4O3S. The van der Waals surface area contributed by atoms with E-state index in [1.54, 1.807) is 6.07 Å². The summed E-state index contributed by atoms with van der Waals surface area (Å²) < 4.78 is 0. The molecule has 0 fully saturated rings. The first-order valence-electron chi connectivity index (χ1n) is 8.46. The Hall–Kier alpha value is -2.58. The van der Waals surface area contributed by atoms with Gasteiger partial charge in [0.25, 0.3) is 17.7 Å². The zero-order chi connectivity index (χ0) is 18.4. The quantitative estimate of drug-likeness (QED) is 0.836. The molecule has 2 aliphatic heterocycles. The minimum atomic E-state index is -0.385. The van der Waals surface area contributed by atoms with Crippen molar-refractivity contribution < 1.29 is 14.4 Å². The second kappa shape index (κ2) is 6.30. The number of aromatic nitrogens is 1. The topological polar surface area (TPSA) is 82.6 Å². The molecule has 0 saturated heterocycles.